The Labute approximate surface area is 178 Å². The molecule has 160 valence electrons. The number of carbonyl (C=O) groups excluding carboxylic acids is 1. The molecule has 0 bridgehead atoms. The fraction of sp³-hybridized carbons (Fsp3) is 0.435. The van der Waals surface area contributed by atoms with Crippen LogP contribution in [0.4, 0.5) is 11.4 Å². The highest BCUT2D eigenvalue weighted by Gasteiger charge is 2.25. The molecule has 0 spiro atoms. The van der Waals surface area contributed by atoms with Crippen LogP contribution in [0.1, 0.15) is 0 Å². The van der Waals surface area contributed by atoms with Crippen LogP contribution in [0, 0.1) is 0 Å². The summed E-state index contributed by atoms with van der Waals surface area (Å²) in [6.07, 6.45) is 0. The Morgan fingerprint density at radius 2 is 1.50 bits per heavy atom. The smallest absolute Gasteiger partial charge is 0.236 e. The Hall–Kier alpha value is -2.93. The molecule has 0 aliphatic carbocycles. The maximum absolute atomic E-state index is 12.8. The van der Waals surface area contributed by atoms with Crippen LogP contribution in [-0.2, 0) is 4.79 Å². The Bertz CT molecular complexity index is 842. The molecule has 1 N–H and O–H groups in total. The van der Waals surface area contributed by atoms with Gasteiger partial charge in [-0.15, -0.1) is 0 Å². The van der Waals surface area contributed by atoms with Gasteiger partial charge in [0.15, 0.2) is 0 Å². The number of hydrogen-bond acceptors (Lipinski definition) is 6. The number of aromatic hydroxyl groups is 1. The van der Waals surface area contributed by atoms with Crippen molar-refractivity contribution in [2.24, 2.45) is 0 Å². The number of hydrogen-bond donors (Lipinski definition) is 1. The summed E-state index contributed by atoms with van der Waals surface area (Å²) in [5.74, 6) is 1.38. The molecular formula is C23H30N4O3. The van der Waals surface area contributed by atoms with Crippen molar-refractivity contribution in [1.82, 2.24) is 9.80 Å². The standard InChI is InChI=1S/C23H30N4O3/c1-30-20-8-6-19(7-9-20)25-14-16-27(17-15-25)23(29)18-24-10-12-26(13-11-24)21-4-2-3-5-22(21)28/h2-9,28H,10-18H2,1H3. The van der Waals surface area contributed by atoms with Gasteiger partial charge in [-0.25, -0.2) is 0 Å². The average molecular weight is 411 g/mol. The summed E-state index contributed by atoms with van der Waals surface area (Å²) in [6, 6.07) is 15.5. The molecule has 0 atom stereocenters. The SMILES string of the molecule is COc1ccc(N2CCN(C(=O)CN3CCN(c4ccccc4O)CC3)CC2)cc1. The van der Waals surface area contributed by atoms with Crippen LogP contribution < -0.4 is 14.5 Å². The Kier molecular flexibility index (Phi) is 6.28. The summed E-state index contributed by atoms with van der Waals surface area (Å²) in [5.41, 5.74) is 2.04. The largest absolute Gasteiger partial charge is 0.506 e. The van der Waals surface area contributed by atoms with Crippen molar-refractivity contribution in [2.75, 3.05) is 75.8 Å². The molecule has 2 fully saturated rings. The molecular weight excluding hydrogens is 380 g/mol. The fourth-order valence-electron chi connectivity index (χ4n) is 4.18. The maximum atomic E-state index is 12.8. The van der Waals surface area contributed by atoms with Gasteiger partial charge >= 0.3 is 0 Å². The number of para-hydroxylation sites is 2. The molecule has 7 heteroatoms. The summed E-state index contributed by atoms with van der Waals surface area (Å²) >= 11 is 0. The first-order valence-electron chi connectivity index (χ1n) is 10.6. The van der Waals surface area contributed by atoms with E-state index in [0.29, 0.717) is 12.3 Å². The highest BCUT2D eigenvalue weighted by atomic mass is 16.5. The predicted molar refractivity (Wildman–Crippen MR) is 119 cm³/mol. The van der Waals surface area contributed by atoms with E-state index in [-0.39, 0.29) is 5.91 Å². The molecule has 4 rings (SSSR count). The lowest BCUT2D eigenvalue weighted by Gasteiger charge is -2.39. The Morgan fingerprint density at radius 3 is 2.13 bits per heavy atom. The minimum Gasteiger partial charge on any atom is -0.506 e. The summed E-state index contributed by atoms with van der Waals surface area (Å²) in [4.78, 5) is 21.5. The highest BCUT2D eigenvalue weighted by Crippen LogP contribution is 2.27. The fourth-order valence-corrected chi connectivity index (χ4v) is 4.18. The van der Waals surface area contributed by atoms with Crippen LogP contribution in [0.3, 0.4) is 0 Å². The van der Waals surface area contributed by atoms with E-state index in [2.05, 4.69) is 26.8 Å². The monoisotopic (exact) mass is 410 g/mol. The van der Waals surface area contributed by atoms with E-state index in [1.165, 1.54) is 5.69 Å². The summed E-state index contributed by atoms with van der Waals surface area (Å²) in [5, 5.41) is 10.0. The molecule has 0 saturated carbocycles. The molecule has 2 aliphatic rings. The first-order valence-corrected chi connectivity index (χ1v) is 10.6. The van der Waals surface area contributed by atoms with Gasteiger partial charge in [0.25, 0.3) is 0 Å². The van der Waals surface area contributed by atoms with Crippen molar-refractivity contribution in [3.05, 3.63) is 48.5 Å². The van der Waals surface area contributed by atoms with Crippen LogP contribution in [0.5, 0.6) is 11.5 Å². The van der Waals surface area contributed by atoms with E-state index in [1.54, 1.807) is 13.2 Å². The van der Waals surface area contributed by atoms with Crippen molar-refractivity contribution in [1.29, 1.82) is 0 Å². The van der Waals surface area contributed by atoms with Crippen molar-refractivity contribution in [3.8, 4) is 11.5 Å². The summed E-state index contributed by atoms with van der Waals surface area (Å²) < 4.78 is 5.22. The van der Waals surface area contributed by atoms with Gasteiger partial charge in [0.05, 0.1) is 19.3 Å². The van der Waals surface area contributed by atoms with Gasteiger partial charge in [0, 0.05) is 58.0 Å². The predicted octanol–water partition coefficient (Wildman–Crippen LogP) is 1.87. The molecule has 2 saturated heterocycles. The van der Waals surface area contributed by atoms with Gasteiger partial charge in [0.2, 0.25) is 5.91 Å². The molecule has 2 aromatic carbocycles. The second kappa shape index (κ2) is 9.26. The van der Waals surface area contributed by atoms with Gasteiger partial charge < -0.3 is 24.5 Å². The van der Waals surface area contributed by atoms with E-state index in [4.69, 9.17) is 4.74 Å². The van der Waals surface area contributed by atoms with E-state index >= 15 is 0 Å². The third-order valence-electron chi connectivity index (χ3n) is 6.02. The topological polar surface area (TPSA) is 59.5 Å². The average Bonchev–Trinajstić information content (AvgIpc) is 2.80. The Balaban J connectivity index is 1.23. The lowest BCUT2D eigenvalue weighted by atomic mass is 10.2. The normalized spacial score (nSPS) is 17.8. The maximum Gasteiger partial charge on any atom is 0.236 e. The Morgan fingerprint density at radius 1 is 0.867 bits per heavy atom. The van der Waals surface area contributed by atoms with Gasteiger partial charge in [-0.05, 0) is 36.4 Å². The number of ether oxygens (including phenoxy) is 1. The molecule has 0 aromatic heterocycles. The molecule has 0 radical (unpaired) electrons. The quantitative estimate of drug-likeness (QED) is 0.812. The van der Waals surface area contributed by atoms with Crippen LogP contribution in [0.2, 0.25) is 0 Å². The lowest BCUT2D eigenvalue weighted by molar-refractivity contribution is -0.132. The number of benzene rings is 2. The van der Waals surface area contributed by atoms with Gasteiger partial charge in [-0.2, -0.15) is 0 Å². The zero-order valence-electron chi connectivity index (χ0n) is 17.5. The molecule has 30 heavy (non-hydrogen) atoms. The highest BCUT2D eigenvalue weighted by molar-refractivity contribution is 5.78. The van der Waals surface area contributed by atoms with Crippen molar-refractivity contribution in [2.45, 2.75) is 0 Å². The number of nitrogens with zero attached hydrogens (tertiary/aromatic N) is 4. The number of methoxy groups -OCH3 is 1. The molecule has 2 aliphatic heterocycles. The molecule has 2 heterocycles. The third kappa shape index (κ3) is 4.62. The van der Waals surface area contributed by atoms with E-state index in [0.717, 1.165) is 63.8 Å². The lowest BCUT2D eigenvalue weighted by Crippen LogP contribution is -2.54. The first-order chi connectivity index (χ1) is 14.6. The second-order valence-corrected chi connectivity index (χ2v) is 7.82. The zero-order valence-corrected chi connectivity index (χ0v) is 17.5. The van der Waals surface area contributed by atoms with E-state index in [1.807, 2.05) is 35.2 Å². The molecule has 7 nitrogen and oxygen atoms in total. The molecule has 2 aromatic rings. The first kappa shape index (κ1) is 20.3. The van der Waals surface area contributed by atoms with E-state index in [9.17, 15) is 9.90 Å². The van der Waals surface area contributed by atoms with Crippen LogP contribution in [0.15, 0.2) is 48.5 Å². The summed E-state index contributed by atoms with van der Waals surface area (Å²) in [7, 11) is 1.67. The number of carbonyl (C=O) groups is 1. The van der Waals surface area contributed by atoms with Crippen molar-refractivity contribution in [3.63, 3.8) is 0 Å². The van der Waals surface area contributed by atoms with E-state index < -0.39 is 0 Å². The van der Waals surface area contributed by atoms with Crippen LogP contribution >= 0.6 is 0 Å². The second-order valence-electron chi connectivity index (χ2n) is 7.82. The zero-order chi connectivity index (χ0) is 20.9. The van der Waals surface area contributed by atoms with Gasteiger partial charge in [0.1, 0.15) is 11.5 Å². The number of anilines is 2. The third-order valence-corrected chi connectivity index (χ3v) is 6.02. The van der Waals surface area contributed by atoms with Crippen LogP contribution in [-0.4, -0.2) is 86.8 Å². The number of phenolic OH excluding ortho intramolecular Hbond substituents is 1. The molecule has 0 unspecified atom stereocenters. The molecule has 1 amide bonds. The summed E-state index contributed by atoms with van der Waals surface area (Å²) in [6.45, 7) is 6.95. The van der Waals surface area contributed by atoms with Gasteiger partial charge in [-0.1, -0.05) is 12.1 Å². The minimum atomic E-state index is 0.209. The minimum absolute atomic E-state index is 0.209. The number of phenols is 1. The van der Waals surface area contributed by atoms with Gasteiger partial charge in [-0.3, -0.25) is 9.69 Å². The van der Waals surface area contributed by atoms with Crippen LogP contribution in [0.25, 0.3) is 0 Å². The number of rotatable bonds is 5. The number of piperazine rings is 2. The van der Waals surface area contributed by atoms with Crippen molar-refractivity contribution >= 4 is 17.3 Å². The number of amides is 1. The van der Waals surface area contributed by atoms with Crippen molar-refractivity contribution < 1.29 is 14.6 Å².